The molecule has 6 aliphatic rings. The van der Waals surface area contributed by atoms with Crippen LogP contribution in [-0.4, -0.2) is 56.5 Å². The van der Waals surface area contributed by atoms with E-state index in [9.17, 15) is 10.1 Å². The van der Waals surface area contributed by atoms with Crippen molar-refractivity contribution in [2.45, 2.75) is 119 Å². The van der Waals surface area contributed by atoms with Crippen LogP contribution in [0.5, 0.6) is 0 Å². The van der Waals surface area contributed by atoms with Crippen molar-refractivity contribution in [3.8, 4) is 6.07 Å². The Labute approximate surface area is 261 Å². The van der Waals surface area contributed by atoms with Gasteiger partial charge in [-0.1, -0.05) is 37.1 Å². The molecule has 44 heavy (non-hydrogen) atoms. The van der Waals surface area contributed by atoms with E-state index < -0.39 is 5.54 Å². The Hall–Kier alpha value is -2.96. The van der Waals surface area contributed by atoms with Crippen molar-refractivity contribution >= 4 is 17.3 Å². The number of likely N-dealkylation sites (N-methyl/N-ethyl adjacent to an activating group) is 3. The quantitative estimate of drug-likeness (QED) is 0.471. The molecule has 2 saturated heterocycles. The maximum Gasteiger partial charge on any atom is 0.251 e. The summed E-state index contributed by atoms with van der Waals surface area (Å²) in [5, 5.41) is 13.4. The molecule has 8 heteroatoms. The van der Waals surface area contributed by atoms with Crippen LogP contribution in [0.25, 0.3) is 0 Å². The maximum absolute atomic E-state index is 12.6. The molecule has 8 nitrogen and oxygen atoms in total. The Kier molecular flexibility index (Phi) is 6.60. The first kappa shape index (κ1) is 29.7. The molecule has 0 spiro atoms. The molecule has 2 aromatic rings. The standard InChI is InChI=1S/C19H25N3O.C17H22N2O2/c1-18(2)17(23-18)13-8-6-10-19(21-3)15(11-20)22(4)14-9-5-7-12(13)16(14)19;1-16(2)14(21-16)11-7-5-9-17(18)13-10(11)6-4-8-12(13)19(3)15(17)20/h5,7,9,13,15,17,21H,6,8,10H2,1-4H3;4,6,8,11,14H,5,7,9,18H2,1-3H3/t13-,15+,17+,19+;11-,14+,17-/m00/s1. The van der Waals surface area contributed by atoms with Gasteiger partial charge in [-0.2, -0.15) is 5.26 Å². The van der Waals surface area contributed by atoms with Crippen LogP contribution in [0.1, 0.15) is 100 Å². The van der Waals surface area contributed by atoms with Crippen molar-refractivity contribution in [2.75, 3.05) is 30.9 Å². The van der Waals surface area contributed by atoms with Gasteiger partial charge in [0.25, 0.3) is 5.91 Å². The number of epoxide rings is 2. The molecule has 0 aromatic heterocycles. The van der Waals surface area contributed by atoms with E-state index in [1.165, 1.54) is 22.4 Å². The Balaban J connectivity index is 0.000000143. The van der Waals surface area contributed by atoms with Gasteiger partial charge in [0, 0.05) is 48.4 Å². The number of nitrogens with two attached hydrogens (primary N) is 1. The number of ether oxygens (including phenoxy) is 2. The number of anilines is 2. The highest BCUT2D eigenvalue weighted by molar-refractivity contribution is 6.07. The zero-order valence-corrected chi connectivity index (χ0v) is 27.2. The summed E-state index contributed by atoms with van der Waals surface area (Å²) in [6, 6.07) is 15.1. The number of benzene rings is 2. The molecule has 0 unspecified atom stereocenters. The molecule has 234 valence electrons. The van der Waals surface area contributed by atoms with Crippen molar-refractivity contribution in [1.82, 2.24) is 5.32 Å². The molecule has 1 amide bonds. The van der Waals surface area contributed by atoms with E-state index in [0.29, 0.717) is 17.9 Å². The van der Waals surface area contributed by atoms with Crippen molar-refractivity contribution in [2.24, 2.45) is 5.73 Å². The SMILES string of the molecule is CN1C(=O)[C@]2(N)CCC[C@H]([C@H]3OC3(C)C)c3cccc1c32.CN[C@@]12CCC[C@H]([C@H]3OC3(C)C)c3cccc(c31)N(C)[C@@H]2C#N. The lowest BCUT2D eigenvalue weighted by atomic mass is 9.79. The average Bonchev–Trinajstić information content (AvgIpc) is 3.83. The molecule has 4 aliphatic heterocycles. The van der Waals surface area contributed by atoms with Gasteiger partial charge in [-0.3, -0.25) is 4.79 Å². The highest BCUT2D eigenvalue weighted by Crippen LogP contribution is 2.57. The molecule has 0 radical (unpaired) electrons. The van der Waals surface area contributed by atoms with Gasteiger partial charge in [0.2, 0.25) is 0 Å². The summed E-state index contributed by atoms with van der Waals surface area (Å²) < 4.78 is 11.9. The van der Waals surface area contributed by atoms with Crippen LogP contribution in [0.15, 0.2) is 36.4 Å². The second kappa shape index (κ2) is 9.77. The summed E-state index contributed by atoms with van der Waals surface area (Å²) in [6.45, 7) is 8.64. The topological polar surface area (TPSA) is 110 Å². The van der Waals surface area contributed by atoms with Crippen molar-refractivity contribution in [1.29, 1.82) is 5.26 Å². The number of nitrogens with one attached hydrogen (secondary N) is 1. The Morgan fingerprint density at radius 3 is 1.93 bits per heavy atom. The normalized spacial score (nSPS) is 36.7. The van der Waals surface area contributed by atoms with E-state index in [1.54, 1.807) is 4.90 Å². The first-order valence-electron chi connectivity index (χ1n) is 16.3. The molecule has 0 saturated carbocycles. The minimum Gasteiger partial charge on any atom is -0.366 e. The molecule has 2 aliphatic carbocycles. The van der Waals surface area contributed by atoms with Crippen molar-refractivity contribution < 1.29 is 14.3 Å². The third-order valence-electron chi connectivity index (χ3n) is 11.7. The second-order valence-electron chi connectivity index (χ2n) is 15.0. The van der Waals surface area contributed by atoms with Crippen LogP contribution in [0.3, 0.4) is 0 Å². The monoisotopic (exact) mass is 597 g/mol. The fourth-order valence-corrected chi connectivity index (χ4v) is 9.34. The fraction of sp³-hybridized carbons (Fsp3) is 0.611. The Bertz CT molecular complexity index is 1560. The average molecular weight is 598 g/mol. The zero-order chi connectivity index (χ0) is 31.4. The van der Waals surface area contributed by atoms with Gasteiger partial charge in [-0.05, 0) is 83.7 Å². The minimum atomic E-state index is -0.839. The number of carbonyl (C=O) groups is 1. The van der Waals surface area contributed by atoms with Crippen LogP contribution >= 0.6 is 0 Å². The van der Waals surface area contributed by atoms with Crippen LogP contribution < -0.4 is 20.9 Å². The van der Waals surface area contributed by atoms with Gasteiger partial charge in [0.05, 0.1) is 35.0 Å². The van der Waals surface area contributed by atoms with Crippen LogP contribution in [-0.2, 0) is 25.3 Å². The summed E-state index contributed by atoms with van der Waals surface area (Å²) in [4.78, 5) is 16.5. The largest absolute Gasteiger partial charge is 0.366 e. The highest BCUT2D eigenvalue weighted by Gasteiger charge is 2.59. The predicted molar refractivity (Wildman–Crippen MR) is 172 cm³/mol. The maximum atomic E-state index is 12.6. The van der Waals surface area contributed by atoms with Gasteiger partial charge in [0.1, 0.15) is 11.6 Å². The molecule has 3 N–H and O–H groups in total. The van der Waals surface area contributed by atoms with Gasteiger partial charge in [-0.15, -0.1) is 0 Å². The molecule has 8 rings (SSSR count). The lowest BCUT2D eigenvalue weighted by Gasteiger charge is -2.34. The van der Waals surface area contributed by atoms with Gasteiger partial charge in [-0.25, -0.2) is 0 Å². The summed E-state index contributed by atoms with van der Waals surface area (Å²) in [7, 11) is 5.87. The minimum absolute atomic E-state index is 0.0147. The third kappa shape index (κ3) is 4.05. The fourth-order valence-electron chi connectivity index (χ4n) is 9.34. The number of hydrogen-bond donors (Lipinski definition) is 2. The number of rotatable bonds is 3. The van der Waals surface area contributed by atoms with E-state index in [1.807, 2.05) is 33.3 Å². The summed E-state index contributed by atoms with van der Waals surface area (Å²) in [5.41, 5.74) is 12.6. The van der Waals surface area contributed by atoms with Crippen LogP contribution in [0, 0.1) is 11.3 Å². The lowest BCUT2D eigenvalue weighted by molar-refractivity contribution is -0.123. The van der Waals surface area contributed by atoms with E-state index in [4.69, 9.17) is 15.2 Å². The molecule has 4 heterocycles. The molecule has 7 atom stereocenters. The Morgan fingerprint density at radius 1 is 0.886 bits per heavy atom. The number of nitrogens with zero attached hydrogens (tertiary/aromatic N) is 3. The van der Waals surface area contributed by atoms with E-state index >= 15 is 0 Å². The van der Waals surface area contributed by atoms with Crippen LogP contribution in [0.4, 0.5) is 11.4 Å². The number of carbonyl (C=O) groups excluding carboxylic acids is 1. The second-order valence-corrected chi connectivity index (χ2v) is 15.0. The highest BCUT2D eigenvalue weighted by atomic mass is 16.6. The van der Waals surface area contributed by atoms with Crippen molar-refractivity contribution in [3.05, 3.63) is 58.7 Å². The summed E-state index contributed by atoms with van der Waals surface area (Å²) in [6.07, 6.45) is 6.52. The first-order valence-corrected chi connectivity index (χ1v) is 16.3. The molecule has 2 aromatic carbocycles. The molecule has 2 fully saturated rings. The molecular weight excluding hydrogens is 550 g/mol. The lowest BCUT2D eigenvalue weighted by Crippen LogP contribution is -2.51. The van der Waals surface area contributed by atoms with Crippen molar-refractivity contribution in [3.63, 3.8) is 0 Å². The van der Waals surface area contributed by atoms with Gasteiger partial charge >= 0.3 is 0 Å². The van der Waals surface area contributed by atoms with E-state index in [-0.39, 0.29) is 34.8 Å². The first-order chi connectivity index (χ1) is 20.8. The third-order valence-corrected chi connectivity index (χ3v) is 11.7. The molecule has 0 bridgehead atoms. The summed E-state index contributed by atoms with van der Waals surface area (Å²) in [5.74, 6) is 0.808. The summed E-state index contributed by atoms with van der Waals surface area (Å²) >= 11 is 0. The number of hydrogen-bond acceptors (Lipinski definition) is 7. The Morgan fingerprint density at radius 2 is 1.41 bits per heavy atom. The smallest absolute Gasteiger partial charge is 0.251 e. The number of nitriles is 1. The van der Waals surface area contributed by atoms with E-state index in [0.717, 1.165) is 49.8 Å². The van der Waals surface area contributed by atoms with Gasteiger partial charge < -0.3 is 30.3 Å². The molecular formula is C36H47N5O3. The van der Waals surface area contributed by atoms with E-state index in [2.05, 4.69) is 68.2 Å². The predicted octanol–water partition coefficient (Wildman–Crippen LogP) is 5.15. The zero-order valence-electron chi connectivity index (χ0n) is 27.2. The van der Waals surface area contributed by atoms with Gasteiger partial charge in [0.15, 0.2) is 0 Å². The van der Waals surface area contributed by atoms with Crippen LogP contribution in [0.2, 0.25) is 0 Å². The number of amides is 1.